The van der Waals surface area contributed by atoms with Gasteiger partial charge in [-0.2, -0.15) is 5.26 Å². The van der Waals surface area contributed by atoms with Crippen LogP contribution in [0.2, 0.25) is 0 Å². The van der Waals surface area contributed by atoms with Crippen molar-refractivity contribution in [2.45, 2.75) is 32.2 Å². The number of benzene rings is 1. The first-order valence-electron chi connectivity index (χ1n) is 7.82. The predicted octanol–water partition coefficient (Wildman–Crippen LogP) is 2.71. The van der Waals surface area contributed by atoms with Crippen LogP contribution in [0.1, 0.15) is 35.9 Å². The van der Waals surface area contributed by atoms with Gasteiger partial charge >= 0.3 is 5.97 Å². The number of nitriles is 1. The summed E-state index contributed by atoms with van der Waals surface area (Å²) in [5.41, 5.74) is 0.367. The van der Waals surface area contributed by atoms with Crippen molar-refractivity contribution in [2.75, 3.05) is 6.61 Å². The summed E-state index contributed by atoms with van der Waals surface area (Å²) in [7, 11) is 0. The molecule has 1 aromatic carbocycles. The summed E-state index contributed by atoms with van der Waals surface area (Å²) in [5, 5.41) is 12.7. The lowest BCUT2D eigenvalue weighted by Gasteiger charge is -2.22. The number of carbonyl (C=O) groups is 2. The van der Waals surface area contributed by atoms with Gasteiger partial charge in [0.05, 0.1) is 6.07 Å². The van der Waals surface area contributed by atoms with Gasteiger partial charge in [0.25, 0.3) is 5.91 Å². The van der Waals surface area contributed by atoms with Crippen molar-refractivity contribution >= 4 is 22.8 Å². The van der Waals surface area contributed by atoms with Crippen molar-refractivity contribution in [1.29, 1.82) is 5.26 Å². The second-order valence-corrected chi connectivity index (χ2v) is 6.27. The van der Waals surface area contributed by atoms with Crippen molar-refractivity contribution in [3.63, 3.8) is 0 Å². The van der Waals surface area contributed by atoms with Crippen LogP contribution in [0.15, 0.2) is 28.7 Å². The number of hydrogen-bond donors (Lipinski definition) is 1. The van der Waals surface area contributed by atoms with E-state index < -0.39 is 24.0 Å². The molecule has 1 fully saturated rings. The van der Waals surface area contributed by atoms with Crippen LogP contribution in [0.4, 0.5) is 0 Å². The number of esters is 1. The maximum atomic E-state index is 12.2. The Labute approximate surface area is 139 Å². The minimum absolute atomic E-state index is 0.0919. The molecule has 0 bridgehead atoms. The monoisotopic (exact) mass is 326 g/mol. The van der Waals surface area contributed by atoms with Gasteiger partial charge in [-0.3, -0.25) is 4.79 Å². The normalized spacial score (nSPS) is 16.2. The Hall–Kier alpha value is -2.81. The SMILES string of the molecule is Cc1c(C(=O)OCC(=O)N[C@@](C)(C#N)C2CC2)oc2ccccc12. The molecule has 1 heterocycles. The van der Waals surface area contributed by atoms with Crippen molar-refractivity contribution in [2.24, 2.45) is 5.92 Å². The molecule has 124 valence electrons. The third-order valence-electron chi connectivity index (χ3n) is 4.39. The van der Waals surface area contributed by atoms with Crippen molar-refractivity contribution in [1.82, 2.24) is 5.32 Å². The van der Waals surface area contributed by atoms with E-state index in [1.165, 1.54) is 0 Å². The standard InChI is InChI=1S/C18H18N2O4/c1-11-13-5-3-4-6-14(13)24-16(11)17(22)23-9-15(21)20-18(2,10-19)12-7-8-12/h3-6,12H,7-9H2,1-2H3,(H,20,21)/t18-/m0/s1. The van der Waals surface area contributed by atoms with Gasteiger partial charge in [-0.25, -0.2) is 4.79 Å². The molecule has 0 unspecified atom stereocenters. The van der Waals surface area contributed by atoms with Crippen LogP contribution in [0, 0.1) is 24.2 Å². The maximum absolute atomic E-state index is 12.2. The summed E-state index contributed by atoms with van der Waals surface area (Å²) in [5.74, 6) is -0.925. The third kappa shape index (κ3) is 2.98. The number of ether oxygens (including phenoxy) is 1. The number of nitrogens with zero attached hydrogens (tertiary/aromatic N) is 1. The molecular formula is C18H18N2O4. The Balaban J connectivity index is 1.63. The smallest absolute Gasteiger partial charge is 0.375 e. The fourth-order valence-corrected chi connectivity index (χ4v) is 2.77. The molecule has 24 heavy (non-hydrogen) atoms. The van der Waals surface area contributed by atoms with E-state index >= 15 is 0 Å². The van der Waals surface area contributed by atoms with E-state index in [0.29, 0.717) is 11.1 Å². The minimum Gasteiger partial charge on any atom is -0.450 e. The Morgan fingerprint density at radius 2 is 2.12 bits per heavy atom. The average molecular weight is 326 g/mol. The van der Waals surface area contributed by atoms with Crippen LogP contribution in [0.3, 0.4) is 0 Å². The first kappa shape index (κ1) is 16.1. The van der Waals surface area contributed by atoms with Crippen LogP contribution in [-0.4, -0.2) is 24.0 Å². The first-order valence-corrected chi connectivity index (χ1v) is 7.82. The van der Waals surface area contributed by atoms with E-state index in [1.807, 2.05) is 18.2 Å². The summed E-state index contributed by atoms with van der Waals surface area (Å²) in [6, 6.07) is 9.41. The highest BCUT2D eigenvalue weighted by molar-refractivity contribution is 5.96. The lowest BCUT2D eigenvalue weighted by molar-refractivity contribution is -0.125. The van der Waals surface area contributed by atoms with E-state index in [4.69, 9.17) is 9.15 Å². The number of carbonyl (C=O) groups excluding carboxylic acids is 2. The molecule has 1 saturated carbocycles. The number of fused-ring (bicyclic) bond motifs is 1. The molecule has 6 nitrogen and oxygen atoms in total. The topological polar surface area (TPSA) is 92.3 Å². The van der Waals surface area contributed by atoms with Crippen molar-refractivity contribution < 1.29 is 18.7 Å². The molecule has 0 radical (unpaired) electrons. The summed E-state index contributed by atoms with van der Waals surface area (Å²) in [4.78, 5) is 24.1. The Bertz CT molecular complexity index is 844. The number of aryl methyl sites for hydroxylation is 1. The predicted molar refractivity (Wildman–Crippen MR) is 86.1 cm³/mol. The number of furan rings is 1. The third-order valence-corrected chi connectivity index (χ3v) is 4.39. The molecule has 1 aliphatic rings. The van der Waals surface area contributed by atoms with Gasteiger partial charge in [-0.05, 0) is 38.7 Å². The minimum atomic E-state index is -0.904. The molecule has 3 rings (SSSR count). The highest BCUT2D eigenvalue weighted by Crippen LogP contribution is 2.39. The van der Waals surface area contributed by atoms with E-state index in [2.05, 4.69) is 11.4 Å². The fourth-order valence-electron chi connectivity index (χ4n) is 2.77. The van der Waals surface area contributed by atoms with E-state index in [9.17, 15) is 14.9 Å². The average Bonchev–Trinajstić information content (AvgIpc) is 3.38. The molecule has 0 saturated heterocycles. The van der Waals surface area contributed by atoms with Gasteiger partial charge < -0.3 is 14.5 Å². The lowest BCUT2D eigenvalue weighted by Crippen LogP contribution is -2.48. The van der Waals surface area contributed by atoms with Crippen molar-refractivity contribution in [3.05, 3.63) is 35.6 Å². The number of nitrogens with one attached hydrogen (secondary N) is 1. The number of hydrogen-bond acceptors (Lipinski definition) is 5. The van der Waals surface area contributed by atoms with Crippen LogP contribution in [0.25, 0.3) is 11.0 Å². The molecular weight excluding hydrogens is 308 g/mol. The summed E-state index contributed by atoms with van der Waals surface area (Å²) in [6.07, 6.45) is 1.84. The zero-order valence-corrected chi connectivity index (χ0v) is 13.6. The Kier molecular flexibility index (Phi) is 4.02. The lowest BCUT2D eigenvalue weighted by atomic mass is 9.98. The van der Waals surface area contributed by atoms with Gasteiger partial charge in [0.15, 0.2) is 6.61 Å². The number of para-hydroxylation sites is 1. The van der Waals surface area contributed by atoms with Gasteiger partial charge in [-0.1, -0.05) is 18.2 Å². The van der Waals surface area contributed by atoms with Crippen LogP contribution >= 0.6 is 0 Å². The number of amides is 1. The summed E-state index contributed by atoms with van der Waals surface area (Å²) < 4.78 is 10.5. The van der Waals surface area contributed by atoms with Crippen LogP contribution in [0.5, 0.6) is 0 Å². The molecule has 0 aliphatic heterocycles. The van der Waals surface area contributed by atoms with E-state index in [1.54, 1.807) is 19.9 Å². The molecule has 1 aromatic heterocycles. The molecule has 0 spiro atoms. The summed E-state index contributed by atoms with van der Waals surface area (Å²) in [6.45, 7) is 3.01. The highest BCUT2D eigenvalue weighted by Gasteiger charge is 2.43. The van der Waals surface area contributed by atoms with Gasteiger partial charge in [0, 0.05) is 10.9 Å². The Morgan fingerprint density at radius 1 is 1.42 bits per heavy atom. The van der Waals surface area contributed by atoms with E-state index in [-0.39, 0.29) is 11.7 Å². The maximum Gasteiger partial charge on any atom is 0.375 e. The summed E-state index contributed by atoms with van der Waals surface area (Å²) >= 11 is 0. The second-order valence-electron chi connectivity index (χ2n) is 6.27. The molecule has 1 N–H and O–H groups in total. The van der Waals surface area contributed by atoms with Crippen LogP contribution in [-0.2, 0) is 9.53 Å². The molecule has 1 amide bonds. The zero-order chi connectivity index (χ0) is 17.3. The molecule has 6 heteroatoms. The number of rotatable bonds is 5. The highest BCUT2D eigenvalue weighted by atomic mass is 16.5. The Morgan fingerprint density at radius 3 is 2.75 bits per heavy atom. The molecule has 2 aromatic rings. The quantitative estimate of drug-likeness (QED) is 0.853. The van der Waals surface area contributed by atoms with Gasteiger partial charge in [0.2, 0.25) is 5.76 Å². The van der Waals surface area contributed by atoms with Crippen molar-refractivity contribution in [3.8, 4) is 6.07 Å². The molecule has 1 aliphatic carbocycles. The van der Waals surface area contributed by atoms with Crippen LogP contribution < -0.4 is 5.32 Å². The second kappa shape index (κ2) is 6.00. The zero-order valence-electron chi connectivity index (χ0n) is 13.6. The van der Waals surface area contributed by atoms with Gasteiger partial charge in [-0.15, -0.1) is 0 Å². The van der Waals surface area contributed by atoms with E-state index in [0.717, 1.165) is 18.2 Å². The first-order chi connectivity index (χ1) is 11.4. The van der Waals surface area contributed by atoms with Gasteiger partial charge in [0.1, 0.15) is 11.1 Å². The fraction of sp³-hybridized carbons (Fsp3) is 0.389. The molecule has 1 atom stereocenters. The largest absolute Gasteiger partial charge is 0.450 e.